The van der Waals surface area contributed by atoms with Gasteiger partial charge in [0.05, 0.1) is 6.26 Å². The molecule has 0 aromatic carbocycles. The summed E-state index contributed by atoms with van der Waals surface area (Å²) < 4.78 is 26.7. The second-order valence-corrected chi connectivity index (χ2v) is 4.34. The highest BCUT2D eigenvalue weighted by Gasteiger charge is 2.17. The third-order valence-corrected chi connectivity index (χ3v) is 2.58. The van der Waals surface area contributed by atoms with Gasteiger partial charge in [0.25, 0.3) is 0 Å². The third kappa shape index (κ3) is 1.37. The van der Waals surface area contributed by atoms with E-state index in [1.165, 1.54) is 6.26 Å². The fraction of sp³-hybridized carbons (Fsp3) is 0.333. The molecule has 2 N–H and O–H groups in total. The van der Waals surface area contributed by atoms with Crippen LogP contribution in [0, 0.1) is 6.92 Å². The number of hydrogen-bond acceptors (Lipinski definition) is 4. The molecule has 0 saturated carbocycles. The van der Waals surface area contributed by atoms with Gasteiger partial charge in [-0.1, -0.05) is 0 Å². The monoisotopic (exact) mass is 175 g/mol. The van der Waals surface area contributed by atoms with Gasteiger partial charge < -0.3 is 10.2 Å². The minimum atomic E-state index is -3.24. The summed E-state index contributed by atoms with van der Waals surface area (Å²) in [6.07, 6.45) is 2.42. The minimum absolute atomic E-state index is 0.0370. The van der Waals surface area contributed by atoms with Crippen molar-refractivity contribution in [2.45, 2.75) is 11.8 Å². The Balaban J connectivity index is 3.45. The maximum absolute atomic E-state index is 11.0. The first-order valence-electron chi connectivity index (χ1n) is 2.96. The van der Waals surface area contributed by atoms with E-state index in [-0.39, 0.29) is 10.8 Å². The summed E-state index contributed by atoms with van der Waals surface area (Å²) in [5, 5.41) is 0. The predicted molar refractivity (Wildman–Crippen MR) is 41.0 cm³/mol. The largest absolute Gasteiger partial charge is 0.448 e. The number of aryl methyl sites for hydroxylation is 1. The summed E-state index contributed by atoms with van der Waals surface area (Å²) >= 11 is 0. The Labute approximate surface area is 64.9 Å². The Hall–Kier alpha value is -0.970. The molecule has 5 heteroatoms. The summed E-state index contributed by atoms with van der Waals surface area (Å²) in [4.78, 5) is 0.0949. The van der Waals surface area contributed by atoms with Crippen molar-refractivity contribution in [2.75, 3.05) is 12.0 Å². The van der Waals surface area contributed by atoms with E-state index in [1.807, 2.05) is 0 Å². The number of nitrogens with two attached hydrogens (primary N) is 1. The number of anilines is 1. The van der Waals surface area contributed by atoms with Crippen molar-refractivity contribution in [3.8, 4) is 0 Å². The highest BCUT2D eigenvalue weighted by molar-refractivity contribution is 7.91. The summed E-state index contributed by atoms with van der Waals surface area (Å²) in [5.74, 6) is -0.0370. The third-order valence-electron chi connectivity index (χ3n) is 1.32. The highest BCUT2D eigenvalue weighted by Crippen LogP contribution is 2.23. The molecule has 0 fully saturated rings. The zero-order valence-electron chi connectivity index (χ0n) is 6.29. The zero-order valence-corrected chi connectivity index (χ0v) is 7.10. The first-order valence-corrected chi connectivity index (χ1v) is 4.85. The number of nitrogen functional groups attached to an aromatic ring is 1. The van der Waals surface area contributed by atoms with Gasteiger partial charge in [0.2, 0.25) is 5.88 Å². The van der Waals surface area contributed by atoms with Crippen LogP contribution >= 0.6 is 0 Å². The minimum Gasteiger partial charge on any atom is -0.448 e. The molecule has 0 bridgehead atoms. The maximum atomic E-state index is 11.0. The molecule has 0 amide bonds. The quantitative estimate of drug-likeness (QED) is 0.677. The first kappa shape index (κ1) is 8.13. The van der Waals surface area contributed by atoms with Gasteiger partial charge in [-0.05, 0) is 6.92 Å². The summed E-state index contributed by atoms with van der Waals surface area (Å²) in [6.45, 7) is 1.64. The van der Waals surface area contributed by atoms with Crippen molar-refractivity contribution in [3.63, 3.8) is 0 Å². The fourth-order valence-electron chi connectivity index (χ4n) is 0.928. The standard InChI is InChI=1S/C6H9NO3S/c1-4-3-10-6(7)5(4)11(2,8)9/h3H,7H2,1-2H3. The smallest absolute Gasteiger partial charge is 0.209 e. The van der Waals surface area contributed by atoms with Crippen LogP contribution in [0.4, 0.5) is 5.88 Å². The molecule has 0 spiro atoms. The van der Waals surface area contributed by atoms with E-state index in [4.69, 9.17) is 10.2 Å². The van der Waals surface area contributed by atoms with Crippen LogP contribution in [0.2, 0.25) is 0 Å². The lowest BCUT2D eigenvalue weighted by molar-refractivity contribution is 0.576. The Morgan fingerprint density at radius 1 is 1.55 bits per heavy atom. The molecule has 1 rings (SSSR count). The molecule has 0 aliphatic rings. The number of sulfone groups is 1. The van der Waals surface area contributed by atoms with E-state index in [2.05, 4.69) is 0 Å². The van der Waals surface area contributed by atoms with Crippen molar-refractivity contribution in [3.05, 3.63) is 11.8 Å². The fourth-order valence-corrected chi connectivity index (χ4v) is 1.97. The van der Waals surface area contributed by atoms with Crippen LogP contribution in [0.3, 0.4) is 0 Å². The van der Waals surface area contributed by atoms with Crippen LogP contribution in [-0.2, 0) is 9.84 Å². The molecule has 0 atom stereocenters. The average Bonchev–Trinajstić information content (AvgIpc) is 2.08. The molecule has 0 saturated heterocycles. The van der Waals surface area contributed by atoms with Gasteiger partial charge >= 0.3 is 0 Å². The van der Waals surface area contributed by atoms with Gasteiger partial charge in [0.1, 0.15) is 4.90 Å². The van der Waals surface area contributed by atoms with Crippen LogP contribution in [-0.4, -0.2) is 14.7 Å². The molecule has 1 aromatic rings. The van der Waals surface area contributed by atoms with Gasteiger partial charge in [-0.2, -0.15) is 0 Å². The van der Waals surface area contributed by atoms with Gasteiger partial charge in [-0.15, -0.1) is 0 Å². The molecule has 1 heterocycles. The van der Waals surface area contributed by atoms with Crippen molar-refractivity contribution in [2.24, 2.45) is 0 Å². The molecule has 0 aliphatic carbocycles. The normalized spacial score (nSPS) is 11.8. The SMILES string of the molecule is Cc1coc(N)c1S(C)(=O)=O. The summed E-state index contributed by atoms with van der Waals surface area (Å²) in [6, 6.07) is 0. The summed E-state index contributed by atoms with van der Waals surface area (Å²) in [5.41, 5.74) is 5.83. The van der Waals surface area contributed by atoms with E-state index in [9.17, 15) is 8.42 Å². The van der Waals surface area contributed by atoms with Crippen LogP contribution in [0.1, 0.15) is 5.56 Å². The van der Waals surface area contributed by atoms with E-state index >= 15 is 0 Å². The van der Waals surface area contributed by atoms with Crippen molar-refractivity contribution >= 4 is 15.7 Å². The second kappa shape index (κ2) is 2.27. The van der Waals surface area contributed by atoms with E-state index in [0.29, 0.717) is 5.56 Å². The molecular formula is C6H9NO3S. The highest BCUT2D eigenvalue weighted by atomic mass is 32.2. The molecule has 0 unspecified atom stereocenters. The predicted octanol–water partition coefficient (Wildman–Crippen LogP) is 0.574. The number of hydrogen-bond donors (Lipinski definition) is 1. The molecule has 0 aliphatic heterocycles. The Bertz CT molecular complexity index is 344. The average molecular weight is 175 g/mol. The number of furan rings is 1. The molecule has 0 radical (unpaired) electrons. The van der Waals surface area contributed by atoms with E-state index < -0.39 is 9.84 Å². The van der Waals surface area contributed by atoms with Crippen LogP contribution < -0.4 is 5.73 Å². The second-order valence-electron chi connectivity index (χ2n) is 2.38. The van der Waals surface area contributed by atoms with Gasteiger partial charge in [0, 0.05) is 11.8 Å². The van der Waals surface area contributed by atoms with Crippen LogP contribution in [0.5, 0.6) is 0 Å². The molecule has 4 nitrogen and oxygen atoms in total. The van der Waals surface area contributed by atoms with Gasteiger partial charge in [-0.25, -0.2) is 8.42 Å². The van der Waals surface area contributed by atoms with Gasteiger partial charge in [0.15, 0.2) is 9.84 Å². The van der Waals surface area contributed by atoms with E-state index in [0.717, 1.165) is 6.26 Å². The lowest BCUT2D eigenvalue weighted by Gasteiger charge is -1.94. The van der Waals surface area contributed by atoms with Crippen molar-refractivity contribution in [1.82, 2.24) is 0 Å². The molecule has 1 aromatic heterocycles. The topological polar surface area (TPSA) is 73.3 Å². The lowest BCUT2D eigenvalue weighted by Crippen LogP contribution is -2.00. The van der Waals surface area contributed by atoms with E-state index in [1.54, 1.807) is 6.92 Å². The zero-order chi connectivity index (χ0) is 8.65. The Kier molecular flexibility index (Phi) is 1.67. The molecule has 62 valence electrons. The Morgan fingerprint density at radius 3 is 2.27 bits per heavy atom. The maximum Gasteiger partial charge on any atom is 0.209 e. The Morgan fingerprint density at radius 2 is 2.09 bits per heavy atom. The number of rotatable bonds is 1. The van der Waals surface area contributed by atoms with Crippen molar-refractivity contribution < 1.29 is 12.8 Å². The molecule has 11 heavy (non-hydrogen) atoms. The first-order chi connectivity index (χ1) is 4.93. The van der Waals surface area contributed by atoms with Crippen LogP contribution in [0.25, 0.3) is 0 Å². The lowest BCUT2D eigenvalue weighted by atomic mass is 10.4. The van der Waals surface area contributed by atoms with Gasteiger partial charge in [-0.3, -0.25) is 0 Å². The van der Waals surface area contributed by atoms with Crippen molar-refractivity contribution in [1.29, 1.82) is 0 Å². The molecular weight excluding hydrogens is 166 g/mol. The summed E-state index contributed by atoms with van der Waals surface area (Å²) in [7, 11) is -3.24. The van der Waals surface area contributed by atoms with Crippen LogP contribution in [0.15, 0.2) is 15.6 Å².